The molecule has 0 radical (unpaired) electrons. The van der Waals surface area contributed by atoms with Crippen molar-refractivity contribution in [2.45, 2.75) is 12.8 Å². The van der Waals surface area contributed by atoms with E-state index in [4.69, 9.17) is 19.2 Å². The predicted molar refractivity (Wildman–Crippen MR) is 304 cm³/mol. The van der Waals surface area contributed by atoms with Gasteiger partial charge in [0.2, 0.25) is 0 Å². The first-order valence-electron chi connectivity index (χ1n) is 24.9. The van der Waals surface area contributed by atoms with Crippen molar-refractivity contribution in [1.82, 2.24) is 44.9 Å². The molecule has 410 valence electrons. The lowest BCUT2D eigenvalue weighted by Gasteiger charge is -2.30. The highest BCUT2D eigenvalue weighted by molar-refractivity contribution is 9.10. The molecular formula is C60H44BrF4N11O6. The Morgan fingerprint density at radius 3 is 1.61 bits per heavy atom. The molecule has 0 saturated heterocycles. The van der Waals surface area contributed by atoms with Crippen LogP contribution >= 0.6 is 15.9 Å². The number of ketones is 2. The van der Waals surface area contributed by atoms with Crippen LogP contribution in [0.5, 0.6) is 17.2 Å². The highest BCUT2D eigenvalue weighted by Crippen LogP contribution is 2.39. The number of nitrogens with zero attached hydrogens (tertiary/aromatic N) is 9. The van der Waals surface area contributed by atoms with Gasteiger partial charge in [-0.25, -0.2) is 42.5 Å². The van der Waals surface area contributed by atoms with Crippen LogP contribution in [0.2, 0.25) is 0 Å². The average molecular weight is 1170 g/mol. The van der Waals surface area contributed by atoms with Gasteiger partial charge in [-0.05, 0) is 130 Å². The van der Waals surface area contributed by atoms with E-state index in [0.717, 1.165) is 56.6 Å². The molecule has 0 fully saturated rings. The molecule has 0 aliphatic carbocycles. The number of benzene rings is 5. The summed E-state index contributed by atoms with van der Waals surface area (Å²) in [6.07, 6.45) is 10.3. The quantitative estimate of drug-likeness (QED) is 0.112. The summed E-state index contributed by atoms with van der Waals surface area (Å²) in [7, 11) is 4.75. The summed E-state index contributed by atoms with van der Waals surface area (Å²) in [4.78, 5) is 74.8. The molecule has 0 saturated carbocycles. The largest absolute Gasteiger partial charge is 0.497 e. The minimum atomic E-state index is -0.987. The monoisotopic (exact) mass is 1170 g/mol. The van der Waals surface area contributed by atoms with Gasteiger partial charge in [-0.2, -0.15) is 0 Å². The molecular weight excluding hydrogens is 1130 g/mol. The maximum Gasteiger partial charge on any atom is 0.259 e. The molecule has 11 aromatic rings. The predicted octanol–water partition coefficient (Wildman–Crippen LogP) is 11.2. The Balaban J connectivity index is 0.000000129. The number of carbonyl (C=O) groups is 2. The lowest BCUT2D eigenvalue weighted by Crippen LogP contribution is -2.33. The topological polar surface area (TPSA) is 213 Å². The zero-order chi connectivity index (χ0) is 57.4. The second-order valence-electron chi connectivity index (χ2n) is 18.2. The van der Waals surface area contributed by atoms with E-state index in [1.807, 2.05) is 42.5 Å². The number of hydrogen-bond donors (Lipinski definition) is 2. The first-order valence-corrected chi connectivity index (χ1v) is 25.7. The molecule has 13 rings (SSSR count). The normalized spacial score (nSPS) is 12.4. The Bertz CT molecular complexity index is 4270. The third kappa shape index (κ3) is 12.4. The van der Waals surface area contributed by atoms with Crippen LogP contribution in [0.3, 0.4) is 0 Å². The number of methoxy groups -OCH3 is 3. The maximum atomic E-state index is 14.1. The fraction of sp³-hybridized carbons (Fsp3) is 0.117. The summed E-state index contributed by atoms with van der Waals surface area (Å²) in [5, 5.41) is 4.78. The number of Topliss-reactive ketones (excluding diaryl/α,β-unsaturated/α-hetero) is 2. The van der Waals surface area contributed by atoms with Crippen molar-refractivity contribution in [3.63, 3.8) is 0 Å². The van der Waals surface area contributed by atoms with Gasteiger partial charge in [0, 0.05) is 101 Å². The number of H-pyrrole nitrogens is 1. The SMILES string of the molecule is COc1ccc2nc(-c3cccnc3)[nH]c(=O)c2c1.COc1ccc2nc(-c3cccnc3)nc(Br)c2c1.COc1ccc2nc(-c3cccnc3)nc(N3CC(=O)Cc4cc(F)c(F)cc43)c2c1.O=C1CNc2cc(F)c(F)cc2C1. The third-order valence-corrected chi connectivity index (χ3v) is 13.4. The number of hydrogen-bond acceptors (Lipinski definition) is 16. The van der Waals surface area contributed by atoms with Crippen molar-refractivity contribution in [1.29, 1.82) is 0 Å². The molecule has 6 aromatic heterocycles. The van der Waals surface area contributed by atoms with Crippen LogP contribution in [0.4, 0.5) is 34.8 Å². The van der Waals surface area contributed by atoms with Crippen LogP contribution < -0.4 is 30.0 Å². The fourth-order valence-corrected chi connectivity index (χ4v) is 9.30. The molecule has 2 aliphatic heterocycles. The highest BCUT2D eigenvalue weighted by Gasteiger charge is 2.29. The Morgan fingerprint density at radius 2 is 1.02 bits per heavy atom. The number of ether oxygens (including phenoxy) is 3. The Kier molecular flexibility index (Phi) is 16.5. The lowest BCUT2D eigenvalue weighted by atomic mass is 9.99. The molecule has 17 nitrogen and oxygen atoms in total. The van der Waals surface area contributed by atoms with Gasteiger partial charge in [-0.3, -0.25) is 29.3 Å². The number of nitrogens with one attached hydrogen (secondary N) is 2. The van der Waals surface area contributed by atoms with Gasteiger partial charge in [-0.15, -0.1) is 0 Å². The Hall–Kier alpha value is -10.1. The molecule has 82 heavy (non-hydrogen) atoms. The van der Waals surface area contributed by atoms with Crippen molar-refractivity contribution >= 4 is 77.4 Å². The lowest BCUT2D eigenvalue weighted by molar-refractivity contribution is -0.118. The van der Waals surface area contributed by atoms with Crippen LogP contribution in [0.25, 0.3) is 66.9 Å². The van der Waals surface area contributed by atoms with E-state index in [9.17, 15) is 31.9 Å². The fourth-order valence-electron chi connectivity index (χ4n) is 8.81. The van der Waals surface area contributed by atoms with E-state index in [2.05, 4.69) is 61.1 Å². The number of aromatic nitrogens is 9. The number of anilines is 3. The molecule has 2 N–H and O–H groups in total. The van der Waals surface area contributed by atoms with Gasteiger partial charge >= 0.3 is 0 Å². The van der Waals surface area contributed by atoms with Crippen molar-refractivity contribution in [2.75, 3.05) is 44.6 Å². The van der Waals surface area contributed by atoms with E-state index in [1.165, 1.54) is 0 Å². The van der Waals surface area contributed by atoms with Crippen molar-refractivity contribution in [3.8, 4) is 51.4 Å². The standard InChI is InChI=1S/C23H16F2N4O2.C14H10BrN3O.C14H11N3O2.C9H7F2NO/c1-31-16-4-5-20-17(9-16)23(28-22(27-20)13-3-2-6-26-11-13)29-12-15(30)7-14-8-18(24)19(25)10-21(14)29;1-19-10-4-5-12-11(7-10)13(15)18-14(17-12)9-3-2-6-16-8-9;1-19-10-4-5-12-11(7-10)14(18)17-13(16-12)9-3-2-6-15-8-9;10-7-2-5-1-6(13)4-12-9(5)3-8(7)11/h2-6,8-11H,7,12H2,1H3;2-8H,1H3;2-8H,1H3,(H,16,17,18);2-3,12H,1,4H2. The number of halogens is 5. The summed E-state index contributed by atoms with van der Waals surface area (Å²) >= 11 is 3.48. The summed E-state index contributed by atoms with van der Waals surface area (Å²) in [6.45, 7) is 0.173. The molecule has 2 aliphatic rings. The number of aromatic amines is 1. The van der Waals surface area contributed by atoms with Crippen molar-refractivity contribution < 1.29 is 41.4 Å². The summed E-state index contributed by atoms with van der Waals surface area (Å²) in [5.74, 6) is 0.0604. The molecule has 22 heteroatoms. The molecule has 0 bridgehead atoms. The van der Waals surface area contributed by atoms with Crippen molar-refractivity contribution in [2.24, 2.45) is 0 Å². The molecule has 0 unspecified atom stereocenters. The maximum absolute atomic E-state index is 14.1. The summed E-state index contributed by atoms with van der Waals surface area (Å²) < 4.78 is 69.8. The van der Waals surface area contributed by atoms with E-state index in [1.54, 1.807) is 112 Å². The first-order chi connectivity index (χ1) is 39.7. The summed E-state index contributed by atoms with van der Waals surface area (Å²) in [5.41, 5.74) is 6.12. The Labute approximate surface area is 472 Å². The van der Waals surface area contributed by atoms with E-state index in [0.29, 0.717) is 84.7 Å². The molecule has 0 amide bonds. The molecule has 0 spiro atoms. The molecule has 0 atom stereocenters. The third-order valence-electron chi connectivity index (χ3n) is 12.8. The van der Waals surface area contributed by atoms with Gasteiger partial charge in [0.05, 0.1) is 56.4 Å². The minimum Gasteiger partial charge on any atom is -0.497 e. The highest BCUT2D eigenvalue weighted by atomic mass is 79.9. The first kappa shape index (κ1) is 55.2. The van der Waals surface area contributed by atoms with Crippen LogP contribution in [-0.2, 0) is 22.4 Å². The van der Waals surface area contributed by atoms with Gasteiger partial charge in [0.15, 0.2) is 46.5 Å². The Morgan fingerprint density at radius 1 is 0.524 bits per heavy atom. The van der Waals surface area contributed by atoms with Gasteiger partial charge < -0.3 is 29.4 Å². The second-order valence-corrected chi connectivity index (χ2v) is 18.9. The van der Waals surface area contributed by atoms with Gasteiger partial charge in [0.25, 0.3) is 5.56 Å². The van der Waals surface area contributed by atoms with Crippen LogP contribution in [0, 0.1) is 23.3 Å². The average Bonchev–Trinajstić information content (AvgIpc) is 3.52. The summed E-state index contributed by atoms with van der Waals surface area (Å²) in [6, 6.07) is 31.6. The number of carbonyl (C=O) groups excluding carboxylic acids is 2. The number of fused-ring (bicyclic) bond motifs is 5. The van der Waals surface area contributed by atoms with Gasteiger partial charge in [-0.1, -0.05) is 0 Å². The van der Waals surface area contributed by atoms with Crippen molar-refractivity contribution in [3.05, 3.63) is 202 Å². The van der Waals surface area contributed by atoms with Crippen LogP contribution in [-0.4, -0.2) is 90.8 Å². The smallest absolute Gasteiger partial charge is 0.259 e. The molecule has 8 heterocycles. The minimum absolute atomic E-state index is 0.0153. The van der Waals surface area contributed by atoms with Crippen LogP contribution in [0.1, 0.15) is 11.1 Å². The van der Waals surface area contributed by atoms with E-state index in [-0.39, 0.29) is 43.1 Å². The zero-order valence-corrected chi connectivity index (χ0v) is 45.2. The molecule has 5 aromatic carbocycles. The van der Waals surface area contributed by atoms with Gasteiger partial charge in [0.1, 0.15) is 33.5 Å². The second kappa shape index (κ2) is 24.5. The zero-order valence-electron chi connectivity index (χ0n) is 43.6. The van der Waals surface area contributed by atoms with E-state index < -0.39 is 23.3 Å². The van der Waals surface area contributed by atoms with Crippen LogP contribution in [0.15, 0.2) is 162 Å². The number of pyridine rings is 3. The number of rotatable bonds is 7. The van der Waals surface area contributed by atoms with E-state index >= 15 is 0 Å².